The van der Waals surface area contributed by atoms with Crippen molar-refractivity contribution >= 4 is 22.8 Å². The number of rotatable bonds is 4. The van der Waals surface area contributed by atoms with Crippen LogP contribution in [0, 0.1) is 0 Å². The summed E-state index contributed by atoms with van der Waals surface area (Å²) >= 11 is 0. The Hall–Kier alpha value is -2.74. The number of benzene rings is 1. The van der Waals surface area contributed by atoms with Crippen molar-refractivity contribution in [1.82, 2.24) is 19.7 Å². The minimum absolute atomic E-state index is 0.0340. The number of nitrogens with zero attached hydrogens (tertiary/aromatic N) is 3. The molecule has 0 bridgehead atoms. The van der Waals surface area contributed by atoms with Crippen LogP contribution >= 0.6 is 0 Å². The molecule has 1 spiro atoms. The molecule has 2 aromatic rings. The van der Waals surface area contributed by atoms with E-state index in [4.69, 9.17) is 4.74 Å². The Balaban J connectivity index is 1.83. The summed E-state index contributed by atoms with van der Waals surface area (Å²) in [5.41, 5.74) is 2.97. The van der Waals surface area contributed by atoms with E-state index < -0.39 is 0 Å². The van der Waals surface area contributed by atoms with Crippen LogP contribution in [-0.2, 0) is 17.3 Å². The van der Waals surface area contributed by atoms with Crippen LogP contribution in [0.15, 0.2) is 18.2 Å². The Morgan fingerprint density at radius 2 is 1.97 bits per heavy atom. The molecular weight excluding hydrogens is 420 g/mol. The van der Waals surface area contributed by atoms with Crippen molar-refractivity contribution in [3.63, 3.8) is 0 Å². The van der Waals surface area contributed by atoms with Gasteiger partial charge in [-0.3, -0.25) is 4.79 Å². The summed E-state index contributed by atoms with van der Waals surface area (Å²) < 4.78 is 7.58. The highest BCUT2D eigenvalue weighted by atomic mass is 16.5. The lowest BCUT2D eigenvalue weighted by Crippen LogP contribution is -2.57. The lowest BCUT2D eigenvalue weighted by molar-refractivity contribution is -0.137. The van der Waals surface area contributed by atoms with Crippen LogP contribution in [0.1, 0.15) is 57.3 Å². The van der Waals surface area contributed by atoms with Crippen molar-refractivity contribution in [2.75, 3.05) is 33.4 Å². The second kappa shape index (κ2) is 8.89. The number of carbonyl (C=O) groups excluding carboxylic acids is 2. The van der Waals surface area contributed by atoms with E-state index in [2.05, 4.69) is 16.0 Å². The minimum atomic E-state index is -0.385. The average Bonchev–Trinajstić information content (AvgIpc) is 3.11. The van der Waals surface area contributed by atoms with Crippen LogP contribution in [0.5, 0.6) is 5.75 Å². The number of piperidine rings is 1. The predicted molar refractivity (Wildman–Crippen MR) is 127 cm³/mol. The van der Waals surface area contributed by atoms with Gasteiger partial charge in [-0.15, -0.1) is 0 Å². The second-order valence-corrected chi connectivity index (χ2v) is 9.65. The third-order valence-electron chi connectivity index (χ3n) is 7.36. The number of urea groups is 1. The third kappa shape index (κ3) is 3.84. The maximum Gasteiger partial charge on any atom is 0.317 e. The molecule has 1 atom stereocenters. The number of nitrogens with one attached hydrogen (secondary N) is 1. The summed E-state index contributed by atoms with van der Waals surface area (Å²) in [5.74, 6) is 0.818. The molecule has 3 amide bonds. The van der Waals surface area contributed by atoms with E-state index in [0.29, 0.717) is 26.1 Å². The molecule has 4 rings (SSSR count). The molecule has 1 saturated heterocycles. The van der Waals surface area contributed by atoms with Gasteiger partial charge in [-0.2, -0.15) is 0 Å². The van der Waals surface area contributed by atoms with Gasteiger partial charge in [0.05, 0.1) is 25.3 Å². The molecule has 8 nitrogen and oxygen atoms in total. The molecule has 33 heavy (non-hydrogen) atoms. The first kappa shape index (κ1) is 23.4. The van der Waals surface area contributed by atoms with Crippen LogP contribution in [0.4, 0.5) is 4.79 Å². The van der Waals surface area contributed by atoms with Gasteiger partial charge in [0.15, 0.2) is 0 Å². The summed E-state index contributed by atoms with van der Waals surface area (Å²) in [6.45, 7) is 7.48. The standard InChI is InChI=1S/C25H36N4O4/c1-6-21(31)29-15-25(9-11-28(12-10-25)24(32)26-16(2)3)22-18-8-7-17(33-5)13-19(18)27(4)23(22)20(29)14-30/h7-8,13,16,20,30H,6,9-12,14-15H2,1-5H3,(H,26,32)/t20-/m1/s1. The fourth-order valence-corrected chi connectivity index (χ4v) is 5.71. The monoisotopic (exact) mass is 456 g/mol. The van der Waals surface area contributed by atoms with Gasteiger partial charge in [0.2, 0.25) is 5.91 Å². The zero-order valence-corrected chi connectivity index (χ0v) is 20.4. The van der Waals surface area contributed by atoms with Gasteiger partial charge < -0.3 is 29.5 Å². The lowest BCUT2D eigenvalue weighted by Gasteiger charge is -2.50. The molecule has 0 saturated carbocycles. The number of likely N-dealkylation sites (tertiary alicyclic amines) is 1. The summed E-state index contributed by atoms with van der Waals surface area (Å²) in [6, 6.07) is 5.76. The van der Waals surface area contributed by atoms with E-state index in [1.165, 1.54) is 5.56 Å². The number of aromatic nitrogens is 1. The topological polar surface area (TPSA) is 87.0 Å². The fraction of sp³-hybridized carbons (Fsp3) is 0.600. The lowest BCUT2D eigenvalue weighted by atomic mass is 9.68. The number of aryl methyl sites for hydroxylation is 1. The van der Waals surface area contributed by atoms with E-state index in [1.54, 1.807) is 7.11 Å². The van der Waals surface area contributed by atoms with Crippen molar-refractivity contribution in [3.05, 3.63) is 29.5 Å². The highest BCUT2D eigenvalue weighted by Gasteiger charge is 2.49. The van der Waals surface area contributed by atoms with E-state index in [9.17, 15) is 14.7 Å². The smallest absolute Gasteiger partial charge is 0.317 e. The number of hydrogen-bond acceptors (Lipinski definition) is 4. The number of ether oxygens (including phenoxy) is 1. The number of hydrogen-bond donors (Lipinski definition) is 2. The molecule has 180 valence electrons. The van der Waals surface area contributed by atoms with Crippen LogP contribution in [0.3, 0.4) is 0 Å². The highest BCUT2D eigenvalue weighted by molar-refractivity contribution is 5.89. The van der Waals surface area contributed by atoms with Crippen molar-refractivity contribution in [1.29, 1.82) is 0 Å². The number of aliphatic hydroxyl groups excluding tert-OH is 1. The Kier molecular flexibility index (Phi) is 6.31. The molecular formula is C25H36N4O4. The van der Waals surface area contributed by atoms with Crippen molar-refractivity contribution in [2.24, 2.45) is 7.05 Å². The Labute approximate surface area is 195 Å². The van der Waals surface area contributed by atoms with Gasteiger partial charge in [-0.1, -0.05) is 6.92 Å². The summed E-state index contributed by atoms with van der Waals surface area (Å²) in [7, 11) is 3.66. The quantitative estimate of drug-likeness (QED) is 0.741. The van der Waals surface area contributed by atoms with Gasteiger partial charge in [-0.25, -0.2) is 4.79 Å². The van der Waals surface area contributed by atoms with E-state index in [0.717, 1.165) is 35.2 Å². The first-order valence-corrected chi connectivity index (χ1v) is 11.9. The number of carbonyl (C=O) groups is 2. The van der Waals surface area contributed by atoms with E-state index in [1.807, 2.05) is 49.8 Å². The zero-order valence-electron chi connectivity index (χ0n) is 20.4. The minimum Gasteiger partial charge on any atom is -0.497 e. The first-order valence-electron chi connectivity index (χ1n) is 11.9. The Morgan fingerprint density at radius 1 is 1.27 bits per heavy atom. The highest BCUT2D eigenvalue weighted by Crippen LogP contribution is 2.50. The summed E-state index contributed by atoms with van der Waals surface area (Å²) in [4.78, 5) is 29.4. The summed E-state index contributed by atoms with van der Waals surface area (Å²) in [6.07, 6.45) is 1.92. The van der Waals surface area contributed by atoms with E-state index >= 15 is 0 Å². The van der Waals surface area contributed by atoms with Gasteiger partial charge in [-0.05, 0) is 44.4 Å². The molecule has 8 heteroatoms. The molecule has 0 radical (unpaired) electrons. The predicted octanol–water partition coefficient (Wildman–Crippen LogP) is 2.92. The van der Waals surface area contributed by atoms with Crippen LogP contribution < -0.4 is 10.1 Å². The maximum absolute atomic E-state index is 13.0. The molecule has 0 aliphatic carbocycles. The van der Waals surface area contributed by atoms with E-state index in [-0.39, 0.29) is 36.0 Å². The van der Waals surface area contributed by atoms with Gasteiger partial charge in [0, 0.05) is 61.7 Å². The van der Waals surface area contributed by atoms with Crippen LogP contribution in [0.25, 0.3) is 10.9 Å². The van der Waals surface area contributed by atoms with Gasteiger partial charge >= 0.3 is 6.03 Å². The normalized spacial score (nSPS) is 19.8. The second-order valence-electron chi connectivity index (χ2n) is 9.65. The van der Waals surface area contributed by atoms with Gasteiger partial charge in [0.1, 0.15) is 5.75 Å². The molecule has 2 N–H and O–H groups in total. The van der Waals surface area contributed by atoms with Crippen molar-refractivity contribution in [3.8, 4) is 5.75 Å². The number of methoxy groups -OCH3 is 1. The number of aliphatic hydroxyl groups is 1. The van der Waals surface area contributed by atoms with Crippen molar-refractivity contribution in [2.45, 2.75) is 57.5 Å². The molecule has 2 aliphatic heterocycles. The molecule has 2 aliphatic rings. The molecule has 1 aromatic heterocycles. The zero-order chi connectivity index (χ0) is 23.9. The Morgan fingerprint density at radius 3 is 2.55 bits per heavy atom. The third-order valence-corrected chi connectivity index (χ3v) is 7.36. The largest absolute Gasteiger partial charge is 0.497 e. The maximum atomic E-state index is 13.0. The van der Waals surface area contributed by atoms with Crippen LogP contribution in [0.2, 0.25) is 0 Å². The molecule has 0 unspecified atom stereocenters. The SMILES string of the molecule is CCC(=O)N1CC2(CCN(C(=O)NC(C)C)CC2)c2c(n(C)c3cc(OC)ccc23)[C@H]1CO. The fourth-order valence-electron chi connectivity index (χ4n) is 5.71. The van der Waals surface area contributed by atoms with Gasteiger partial charge in [0.25, 0.3) is 0 Å². The summed E-state index contributed by atoms with van der Waals surface area (Å²) in [5, 5.41) is 14.5. The first-order chi connectivity index (χ1) is 15.8. The Bertz CT molecular complexity index is 1050. The molecule has 1 fully saturated rings. The molecule has 3 heterocycles. The molecule has 1 aromatic carbocycles. The average molecular weight is 457 g/mol. The van der Waals surface area contributed by atoms with Crippen molar-refractivity contribution < 1.29 is 19.4 Å². The number of amides is 3. The van der Waals surface area contributed by atoms with Crippen LogP contribution in [-0.4, -0.2) is 70.8 Å². The number of fused-ring (bicyclic) bond motifs is 4.